The molecule has 0 aliphatic rings. The third kappa shape index (κ3) is 4.53. The van der Waals surface area contributed by atoms with Gasteiger partial charge in [0.15, 0.2) is 0 Å². The molecule has 0 aliphatic carbocycles. The lowest BCUT2D eigenvalue weighted by molar-refractivity contribution is 0.0942. The molecule has 0 atom stereocenters. The van der Waals surface area contributed by atoms with E-state index < -0.39 is 0 Å². The molecule has 1 aromatic heterocycles. The van der Waals surface area contributed by atoms with Crippen LogP contribution in [0.15, 0.2) is 36.7 Å². The summed E-state index contributed by atoms with van der Waals surface area (Å²) in [4.78, 5) is 28.3. The lowest BCUT2D eigenvalue weighted by atomic mass is 10.1. The van der Waals surface area contributed by atoms with Crippen LogP contribution >= 0.6 is 11.6 Å². The lowest BCUT2D eigenvalue weighted by Crippen LogP contribution is -2.30. The van der Waals surface area contributed by atoms with Crippen LogP contribution in [-0.4, -0.2) is 22.8 Å². The monoisotopic (exact) mass is 331 g/mol. The summed E-state index contributed by atoms with van der Waals surface area (Å²) in [6.07, 6.45) is 2.85. The van der Waals surface area contributed by atoms with Crippen molar-refractivity contribution in [2.75, 3.05) is 5.32 Å². The van der Waals surface area contributed by atoms with E-state index in [-0.39, 0.29) is 17.9 Å². The second-order valence-corrected chi connectivity index (χ2v) is 5.94. The molecule has 5 nitrogen and oxygen atoms in total. The largest absolute Gasteiger partial charge is 0.350 e. The molecule has 6 heteroatoms. The van der Waals surface area contributed by atoms with Gasteiger partial charge in [-0.05, 0) is 44.5 Å². The maximum absolute atomic E-state index is 12.3. The molecule has 0 saturated heterocycles. The van der Waals surface area contributed by atoms with Crippen LogP contribution in [0.25, 0.3) is 0 Å². The summed E-state index contributed by atoms with van der Waals surface area (Å²) < 4.78 is 0. The van der Waals surface area contributed by atoms with Crippen molar-refractivity contribution in [3.63, 3.8) is 0 Å². The highest BCUT2D eigenvalue weighted by atomic mass is 35.5. The Labute approximate surface area is 140 Å². The first-order chi connectivity index (χ1) is 10.9. The van der Waals surface area contributed by atoms with Gasteiger partial charge in [0.05, 0.1) is 11.1 Å². The molecule has 0 aliphatic heterocycles. The van der Waals surface area contributed by atoms with Gasteiger partial charge in [-0.2, -0.15) is 0 Å². The predicted octanol–water partition coefficient (Wildman–Crippen LogP) is 3.43. The van der Waals surface area contributed by atoms with Gasteiger partial charge in [0, 0.05) is 29.1 Å². The Bertz CT molecular complexity index is 744. The van der Waals surface area contributed by atoms with Gasteiger partial charge < -0.3 is 10.6 Å². The van der Waals surface area contributed by atoms with Gasteiger partial charge in [-0.15, -0.1) is 0 Å². The fraction of sp³-hybridized carbons (Fsp3) is 0.235. The number of carbonyl (C=O) groups excluding carboxylic acids is 2. The quantitative estimate of drug-likeness (QED) is 0.901. The fourth-order valence-corrected chi connectivity index (χ4v) is 2.13. The van der Waals surface area contributed by atoms with Gasteiger partial charge in [-0.3, -0.25) is 14.6 Å². The zero-order valence-corrected chi connectivity index (χ0v) is 13.9. The van der Waals surface area contributed by atoms with Crippen LogP contribution in [0.1, 0.15) is 40.1 Å². The van der Waals surface area contributed by atoms with Gasteiger partial charge in [-0.1, -0.05) is 17.7 Å². The number of anilines is 1. The first kappa shape index (κ1) is 17.0. The number of benzene rings is 1. The van der Waals surface area contributed by atoms with E-state index in [1.165, 1.54) is 18.5 Å². The van der Waals surface area contributed by atoms with E-state index in [1.807, 2.05) is 26.8 Å². The Morgan fingerprint density at radius 1 is 1.09 bits per heavy atom. The number of carbonyl (C=O) groups is 2. The van der Waals surface area contributed by atoms with Gasteiger partial charge in [0.2, 0.25) is 0 Å². The van der Waals surface area contributed by atoms with Crippen molar-refractivity contribution < 1.29 is 9.59 Å². The number of pyridine rings is 1. The average Bonchev–Trinajstić information content (AvgIpc) is 2.50. The number of hydrogen-bond acceptors (Lipinski definition) is 3. The number of aromatic nitrogens is 1. The molecule has 0 bridgehead atoms. The summed E-state index contributed by atoms with van der Waals surface area (Å²) >= 11 is 5.94. The Balaban J connectivity index is 2.20. The third-order valence-corrected chi connectivity index (χ3v) is 3.37. The SMILES string of the molecule is Cc1ccc(Cl)cc1NC(=O)c1cncc(C(=O)NC(C)C)c1. The molecule has 0 radical (unpaired) electrons. The Morgan fingerprint density at radius 2 is 1.74 bits per heavy atom. The molecule has 2 aromatic rings. The first-order valence-electron chi connectivity index (χ1n) is 7.20. The Morgan fingerprint density at radius 3 is 2.39 bits per heavy atom. The molecule has 0 saturated carbocycles. The molecule has 0 unspecified atom stereocenters. The van der Waals surface area contributed by atoms with Crippen LogP contribution < -0.4 is 10.6 Å². The van der Waals surface area contributed by atoms with Crippen molar-refractivity contribution >= 4 is 29.1 Å². The molecule has 2 amide bonds. The minimum atomic E-state index is -0.345. The zero-order chi connectivity index (χ0) is 17.0. The summed E-state index contributed by atoms with van der Waals surface area (Å²) in [7, 11) is 0. The van der Waals surface area contributed by atoms with Crippen LogP contribution in [-0.2, 0) is 0 Å². The number of rotatable bonds is 4. The van der Waals surface area contributed by atoms with E-state index in [0.717, 1.165) is 5.56 Å². The van der Waals surface area contributed by atoms with Crippen molar-refractivity contribution in [2.45, 2.75) is 26.8 Å². The van der Waals surface area contributed by atoms with Gasteiger partial charge >= 0.3 is 0 Å². The highest BCUT2D eigenvalue weighted by Gasteiger charge is 2.13. The van der Waals surface area contributed by atoms with Crippen molar-refractivity contribution in [2.24, 2.45) is 0 Å². The van der Waals surface area contributed by atoms with Crippen molar-refractivity contribution in [3.05, 3.63) is 58.4 Å². The normalized spacial score (nSPS) is 10.5. The van der Waals surface area contributed by atoms with Crippen LogP contribution in [0.4, 0.5) is 5.69 Å². The maximum Gasteiger partial charge on any atom is 0.257 e. The smallest absolute Gasteiger partial charge is 0.257 e. The highest BCUT2D eigenvalue weighted by molar-refractivity contribution is 6.31. The topological polar surface area (TPSA) is 71.1 Å². The van der Waals surface area contributed by atoms with E-state index >= 15 is 0 Å². The molecule has 0 fully saturated rings. The van der Waals surface area contributed by atoms with Gasteiger partial charge in [0.1, 0.15) is 0 Å². The van der Waals surface area contributed by atoms with E-state index in [4.69, 9.17) is 11.6 Å². The van der Waals surface area contributed by atoms with Crippen LogP contribution in [0, 0.1) is 6.92 Å². The number of nitrogens with zero attached hydrogens (tertiary/aromatic N) is 1. The fourth-order valence-electron chi connectivity index (χ4n) is 1.96. The Hall–Kier alpha value is -2.40. The minimum absolute atomic E-state index is 0.00842. The number of halogens is 1. The summed E-state index contributed by atoms with van der Waals surface area (Å²) in [5.74, 6) is -0.608. The number of amides is 2. The molecule has 2 rings (SSSR count). The summed E-state index contributed by atoms with van der Waals surface area (Å²) in [6.45, 7) is 5.60. The maximum atomic E-state index is 12.3. The molecular formula is C17H18ClN3O2. The second-order valence-electron chi connectivity index (χ2n) is 5.50. The molecular weight excluding hydrogens is 314 g/mol. The van der Waals surface area contributed by atoms with Crippen LogP contribution in [0.2, 0.25) is 5.02 Å². The van der Waals surface area contributed by atoms with E-state index in [9.17, 15) is 9.59 Å². The van der Waals surface area contributed by atoms with Crippen molar-refractivity contribution in [1.29, 1.82) is 0 Å². The predicted molar refractivity (Wildman–Crippen MR) is 91.0 cm³/mol. The van der Waals surface area contributed by atoms with Gasteiger partial charge in [-0.25, -0.2) is 0 Å². The highest BCUT2D eigenvalue weighted by Crippen LogP contribution is 2.20. The van der Waals surface area contributed by atoms with E-state index in [1.54, 1.807) is 12.1 Å². The number of nitrogens with one attached hydrogen (secondary N) is 2. The standard InChI is InChI=1S/C17H18ClN3O2/c1-10(2)20-16(22)12-6-13(9-19-8-12)17(23)21-15-7-14(18)5-4-11(15)3/h4-10H,1-3H3,(H,20,22)(H,21,23). The molecule has 120 valence electrons. The van der Waals surface area contributed by atoms with Gasteiger partial charge in [0.25, 0.3) is 11.8 Å². The molecule has 2 N–H and O–H groups in total. The second kappa shape index (κ2) is 7.24. The third-order valence-electron chi connectivity index (χ3n) is 3.13. The van der Waals surface area contributed by atoms with E-state index in [2.05, 4.69) is 15.6 Å². The van der Waals surface area contributed by atoms with Crippen molar-refractivity contribution in [3.8, 4) is 0 Å². The summed E-state index contributed by atoms with van der Waals surface area (Å²) in [5.41, 5.74) is 2.17. The molecule has 0 spiro atoms. The zero-order valence-electron chi connectivity index (χ0n) is 13.2. The average molecular weight is 332 g/mol. The molecule has 1 aromatic carbocycles. The number of aryl methyl sites for hydroxylation is 1. The number of hydrogen-bond donors (Lipinski definition) is 2. The van der Waals surface area contributed by atoms with E-state index in [0.29, 0.717) is 21.8 Å². The minimum Gasteiger partial charge on any atom is -0.350 e. The molecule has 1 heterocycles. The van der Waals surface area contributed by atoms with Crippen molar-refractivity contribution in [1.82, 2.24) is 10.3 Å². The summed E-state index contributed by atoms with van der Waals surface area (Å²) in [5, 5.41) is 6.08. The van der Waals surface area contributed by atoms with Crippen LogP contribution in [0.3, 0.4) is 0 Å². The van der Waals surface area contributed by atoms with Crippen LogP contribution in [0.5, 0.6) is 0 Å². The lowest BCUT2D eigenvalue weighted by Gasteiger charge is -2.10. The summed E-state index contributed by atoms with van der Waals surface area (Å²) in [6, 6.07) is 6.78. The molecule has 23 heavy (non-hydrogen) atoms. The Kier molecular flexibility index (Phi) is 5.34. The first-order valence-corrected chi connectivity index (χ1v) is 7.58.